The van der Waals surface area contributed by atoms with Gasteiger partial charge in [0.1, 0.15) is 5.65 Å². The molecule has 0 amide bonds. The van der Waals surface area contributed by atoms with Crippen LogP contribution in [0.3, 0.4) is 0 Å². The molecule has 0 fully saturated rings. The van der Waals surface area contributed by atoms with Crippen molar-refractivity contribution >= 4 is 16.8 Å². The summed E-state index contributed by atoms with van der Waals surface area (Å²) in [6, 6.07) is 18.1. The van der Waals surface area contributed by atoms with E-state index < -0.39 is 23.1 Å². The number of fused-ring (bicyclic) bond motifs is 1. The summed E-state index contributed by atoms with van der Waals surface area (Å²) in [4.78, 5) is 30.2. The van der Waals surface area contributed by atoms with Crippen LogP contribution in [0.1, 0.15) is 21.5 Å². The van der Waals surface area contributed by atoms with E-state index in [1.165, 1.54) is 24.4 Å². The minimum atomic E-state index is -4.57. The summed E-state index contributed by atoms with van der Waals surface area (Å²) < 4.78 is 40.6. The van der Waals surface area contributed by atoms with Crippen LogP contribution in [-0.4, -0.2) is 15.3 Å². The lowest BCUT2D eigenvalue weighted by Crippen LogP contribution is -2.27. The molecule has 0 bridgehead atoms. The highest BCUT2D eigenvalue weighted by molar-refractivity contribution is 5.99. The van der Waals surface area contributed by atoms with Crippen molar-refractivity contribution in [3.63, 3.8) is 0 Å². The summed E-state index contributed by atoms with van der Waals surface area (Å²) in [7, 11) is 0. The van der Waals surface area contributed by atoms with Gasteiger partial charge in [-0.3, -0.25) is 14.2 Å². The molecule has 150 valence electrons. The second-order valence-electron chi connectivity index (χ2n) is 6.75. The molecule has 0 atom stereocenters. The molecule has 0 N–H and O–H groups in total. The number of pyridine rings is 2. The lowest BCUT2D eigenvalue weighted by atomic mass is 10.0. The number of alkyl halides is 3. The van der Waals surface area contributed by atoms with Gasteiger partial charge in [-0.2, -0.15) is 13.2 Å². The lowest BCUT2D eigenvalue weighted by Gasteiger charge is -2.14. The number of ketones is 1. The smallest absolute Gasteiger partial charge is 0.294 e. The number of aromatic nitrogens is 2. The molecule has 4 aromatic rings. The van der Waals surface area contributed by atoms with Crippen molar-refractivity contribution in [3.05, 3.63) is 106 Å². The summed E-state index contributed by atoms with van der Waals surface area (Å²) in [5.74, 6) is -0.419. The molecule has 0 saturated heterocycles. The average molecular weight is 408 g/mol. The fraction of sp³-hybridized carbons (Fsp3) is 0.0870. The van der Waals surface area contributed by atoms with Crippen LogP contribution in [-0.2, 0) is 12.6 Å². The molecule has 0 saturated carbocycles. The van der Waals surface area contributed by atoms with E-state index in [-0.39, 0.29) is 23.3 Å². The first-order chi connectivity index (χ1) is 14.3. The molecule has 30 heavy (non-hydrogen) atoms. The van der Waals surface area contributed by atoms with Crippen molar-refractivity contribution in [2.45, 2.75) is 12.6 Å². The zero-order chi connectivity index (χ0) is 21.3. The molecule has 2 aromatic carbocycles. The highest BCUT2D eigenvalue weighted by Gasteiger charge is 2.31. The van der Waals surface area contributed by atoms with Crippen LogP contribution in [0.25, 0.3) is 16.7 Å². The first kappa shape index (κ1) is 19.6. The summed E-state index contributed by atoms with van der Waals surface area (Å²) in [5.41, 5.74) is -0.792. The van der Waals surface area contributed by atoms with E-state index in [2.05, 4.69) is 4.98 Å². The third-order valence-corrected chi connectivity index (χ3v) is 4.70. The zero-order valence-corrected chi connectivity index (χ0v) is 15.6. The maximum Gasteiger partial charge on any atom is 0.416 e. The molecule has 7 heteroatoms. The Bertz CT molecular complexity index is 1300. The van der Waals surface area contributed by atoms with E-state index in [4.69, 9.17) is 0 Å². The minimum absolute atomic E-state index is 0.00440. The van der Waals surface area contributed by atoms with Crippen LogP contribution in [0.4, 0.5) is 13.2 Å². The standard InChI is InChI=1S/C23H15F3N2O2/c24-23(25,26)17-9-4-10-18(14-17)28-21-16(8-5-11-27-21)13-19(22(28)30)20(29)12-15-6-2-1-3-7-15/h1-11,13-14H,12H2. The SMILES string of the molecule is O=C(Cc1ccccc1)c1cc2cccnc2n(-c2cccc(C(F)(F)F)c2)c1=O. The van der Waals surface area contributed by atoms with Crippen molar-refractivity contribution in [2.75, 3.05) is 0 Å². The molecule has 0 spiro atoms. The monoisotopic (exact) mass is 408 g/mol. The first-order valence-corrected chi connectivity index (χ1v) is 9.10. The third-order valence-electron chi connectivity index (χ3n) is 4.70. The highest BCUT2D eigenvalue weighted by Crippen LogP contribution is 2.30. The molecule has 2 aromatic heterocycles. The van der Waals surface area contributed by atoms with Crippen molar-refractivity contribution in [1.29, 1.82) is 0 Å². The Hall–Kier alpha value is -3.74. The number of benzene rings is 2. The van der Waals surface area contributed by atoms with Gasteiger partial charge in [0.25, 0.3) is 5.56 Å². The van der Waals surface area contributed by atoms with E-state index in [1.54, 1.807) is 36.4 Å². The molecule has 0 radical (unpaired) electrons. The van der Waals surface area contributed by atoms with Crippen LogP contribution < -0.4 is 5.56 Å². The minimum Gasteiger partial charge on any atom is -0.294 e. The second kappa shape index (κ2) is 7.59. The van der Waals surface area contributed by atoms with Crippen LogP contribution in [0.2, 0.25) is 0 Å². The Morgan fingerprint density at radius 2 is 1.70 bits per heavy atom. The molecule has 4 rings (SSSR count). The van der Waals surface area contributed by atoms with E-state index in [1.807, 2.05) is 6.07 Å². The van der Waals surface area contributed by atoms with E-state index in [0.717, 1.165) is 22.3 Å². The van der Waals surface area contributed by atoms with Gasteiger partial charge in [0.05, 0.1) is 16.8 Å². The highest BCUT2D eigenvalue weighted by atomic mass is 19.4. The Balaban J connectivity index is 1.91. The van der Waals surface area contributed by atoms with Gasteiger partial charge < -0.3 is 0 Å². The summed E-state index contributed by atoms with van der Waals surface area (Å²) in [6.45, 7) is 0. The fourth-order valence-corrected chi connectivity index (χ4v) is 3.28. The van der Waals surface area contributed by atoms with Gasteiger partial charge in [-0.1, -0.05) is 36.4 Å². The molecule has 4 nitrogen and oxygen atoms in total. The Morgan fingerprint density at radius 3 is 2.43 bits per heavy atom. The van der Waals surface area contributed by atoms with Crippen LogP contribution >= 0.6 is 0 Å². The van der Waals surface area contributed by atoms with Crippen LogP contribution in [0.15, 0.2) is 83.8 Å². The van der Waals surface area contributed by atoms with Crippen LogP contribution in [0, 0.1) is 0 Å². The number of hydrogen-bond donors (Lipinski definition) is 0. The van der Waals surface area contributed by atoms with Crippen molar-refractivity contribution in [2.24, 2.45) is 0 Å². The summed E-state index contributed by atoms with van der Waals surface area (Å²) in [6.07, 6.45) is -3.12. The number of carbonyl (C=O) groups excluding carboxylic acids is 1. The fourth-order valence-electron chi connectivity index (χ4n) is 3.28. The Morgan fingerprint density at radius 1 is 0.933 bits per heavy atom. The number of carbonyl (C=O) groups is 1. The van der Waals surface area contributed by atoms with Crippen LogP contribution in [0.5, 0.6) is 0 Å². The first-order valence-electron chi connectivity index (χ1n) is 9.10. The third kappa shape index (κ3) is 3.74. The van der Waals surface area contributed by atoms with Gasteiger partial charge >= 0.3 is 6.18 Å². The molecule has 0 aliphatic carbocycles. The second-order valence-corrected chi connectivity index (χ2v) is 6.75. The number of rotatable bonds is 4. The number of hydrogen-bond acceptors (Lipinski definition) is 3. The maximum atomic E-state index is 13.2. The topological polar surface area (TPSA) is 52.0 Å². The quantitative estimate of drug-likeness (QED) is 0.455. The average Bonchev–Trinajstić information content (AvgIpc) is 2.73. The lowest BCUT2D eigenvalue weighted by molar-refractivity contribution is -0.137. The molecule has 2 heterocycles. The van der Waals surface area contributed by atoms with Gasteiger partial charge in [0, 0.05) is 18.0 Å². The molecular weight excluding hydrogens is 393 g/mol. The molecule has 0 aliphatic rings. The number of Topliss-reactive ketones (excluding diaryl/α,β-unsaturated/α-hetero) is 1. The van der Waals surface area contributed by atoms with Crippen molar-refractivity contribution in [1.82, 2.24) is 9.55 Å². The number of nitrogens with zero attached hydrogens (tertiary/aromatic N) is 2. The van der Waals surface area contributed by atoms with Crippen molar-refractivity contribution in [3.8, 4) is 5.69 Å². The maximum absolute atomic E-state index is 13.2. The molecule has 0 aliphatic heterocycles. The predicted molar refractivity (Wildman–Crippen MR) is 107 cm³/mol. The Labute approximate surface area is 169 Å². The van der Waals surface area contributed by atoms with Gasteiger partial charge in [-0.05, 0) is 42.0 Å². The molecular formula is C23H15F3N2O2. The normalized spacial score (nSPS) is 11.6. The van der Waals surface area contributed by atoms with Gasteiger partial charge in [0.15, 0.2) is 5.78 Å². The van der Waals surface area contributed by atoms with E-state index >= 15 is 0 Å². The zero-order valence-electron chi connectivity index (χ0n) is 15.6. The van der Waals surface area contributed by atoms with E-state index in [0.29, 0.717) is 5.39 Å². The summed E-state index contributed by atoms with van der Waals surface area (Å²) >= 11 is 0. The predicted octanol–water partition coefficient (Wildman–Crippen LogP) is 4.83. The molecule has 0 unspecified atom stereocenters. The van der Waals surface area contributed by atoms with Gasteiger partial charge in [-0.15, -0.1) is 0 Å². The number of halogens is 3. The largest absolute Gasteiger partial charge is 0.416 e. The summed E-state index contributed by atoms with van der Waals surface area (Å²) in [5, 5.41) is 0.478. The van der Waals surface area contributed by atoms with Crippen molar-refractivity contribution < 1.29 is 18.0 Å². The van der Waals surface area contributed by atoms with E-state index in [9.17, 15) is 22.8 Å². The van der Waals surface area contributed by atoms with Gasteiger partial charge in [-0.25, -0.2) is 4.98 Å². The Kier molecular flexibility index (Phi) is 4.95. The van der Waals surface area contributed by atoms with Gasteiger partial charge in [0.2, 0.25) is 0 Å².